The number of aliphatic hydroxyl groups excluding tert-OH is 1. The smallest absolute Gasteiger partial charge is 0.329 e. The van der Waals surface area contributed by atoms with Crippen LogP contribution in [0.1, 0.15) is 105 Å². The number of cyclic esters (lactones) is 1. The van der Waals surface area contributed by atoms with E-state index >= 15 is 0 Å². The van der Waals surface area contributed by atoms with Crippen molar-refractivity contribution in [3.05, 3.63) is 36.0 Å². The Morgan fingerprint density at radius 3 is 2.21 bits per heavy atom. The summed E-state index contributed by atoms with van der Waals surface area (Å²) in [6, 6.07) is -1.13. The molecule has 4 aliphatic rings. The van der Waals surface area contributed by atoms with Gasteiger partial charge in [-0.15, -0.1) is 6.58 Å². The number of esters is 1. The van der Waals surface area contributed by atoms with Gasteiger partial charge in [-0.05, 0) is 95.5 Å². The highest BCUT2D eigenvalue weighted by molar-refractivity contribution is 6.39. The van der Waals surface area contributed by atoms with E-state index in [4.69, 9.17) is 28.4 Å². The van der Waals surface area contributed by atoms with E-state index in [1.54, 1.807) is 34.1 Å². The number of fused-ring (bicyclic) bond motifs is 3. The van der Waals surface area contributed by atoms with Crippen LogP contribution in [0.2, 0.25) is 0 Å². The van der Waals surface area contributed by atoms with E-state index in [1.165, 1.54) is 19.1 Å². The zero-order valence-corrected chi connectivity index (χ0v) is 36.4. The van der Waals surface area contributed by atoms with Crippen LogP contribution in [0.5, 0.6) is 0 Å². The van der Waals surface area contributed by atoms with Crippen LogP contribution in [-0.2, 0) is 47.6 Å². The van der Waals surface area contributed by atoms with E-state index in [0.29, 0.717) is 44.1 Å². The molecule has 2 N–H and O–H groups in total. The van der Waals surface area contributed by atoms with Crippen LogP contribution in [-0.4, -0.2) is 128 Å². The lowest BCUT2D eigenvalue weighted by Gasteiger charge is -2.47. The molecule has 0 spiro atoms. The average Bonchev–Trinajstić information content (AvgIpc) is 3.21. The molecule has 3 fully saturated rings. The second-order valence-electron chi connectivity index (χ2n) is 17.5. The maximum Gasteiger partial charge on any atom is 0.329 e. The highest BCUT2D eigenvalue weighted by Gasteiger charge is 2.56. The largest absolute Gasteiger partial charge is 0.456 e. The summed E-state index contributed by atoms with van der Waals surface area (Å²) >= 11 is 0. The summed E-state index contributed by atoms with van der Waals surface area (Å²) in [4.78, 5) is 58.0. The summed E-state index contributed by atoms with van der Waals surface area (Å²) in [6.45, 7) is 13.2. The van der Waals surface area contributed by atoms with E-state index in [2.05, 4.69) is 12.7 Å². The van der Waals surface area contributed by atoms with Crippen molar-refractivity contribution in [2.75, 3.05) is 35.0 Å². The Balaban J connectivity index is 1.78. The van der Waals surface area contributed by atoms with Gasteiger partial charge in [-0.25, -0.2) is 4.79 Å². The zero-order valence-electron chi connectivity index (χ0n) is 36.4. The lowest BCUT2D eigenvalue weighted by atomic mass is 9.81. The first-order chi connectivity index (χ1) is 27.5. The predicted molar refractivity (Wildman–Crippen MR) is 217 cm³/mol. The van der Waals surface area contributed by atoms with Crippen molar-refractivity contribution in [2.24, 2.45) is 29.6 Å². The molecule has 58 heavy (non-hydrogen) atoms. The standard InChI is InChI=1S/C45H71NO12/c1-11-14-32-20-26(2)19-27(3)21-38(55-9)41-39(56-10)23-29(5)45(52,58-41)42(49)43(50)46-18-13-12-15-33(46)44(51)57-40(30(6)34(47)25-35(32)48)28(4)22-31-16-17-36(53-7)37(24-31)54-8/h11,20,22,27,29-34,36-41,47,52H,1,12-19,21,23-25H2,2-10H3/t27-,29-,30-,31+,32+,33+,34+,36-,37-,38-,39+,40-,41-,45-/m1/s1. The third kappa shape index (κ3) is 11.3. The van der Waals surface area contributed by atoms with Gasteiger partial charge in [0.25, 0.3) is 11.7 Å². The van der Waals surface area contributed by atoms with Crippen molar-refractivity contribution in [1.82, 2.24) is 4.90 Å². The number of methoxy groups -OCH3 is 4. The van der Waals surface area contributed by atoms with Crippen molar-refractivity contribution in [3.8, 4) is 0 Å². The molecule has 0 aromatic heterocycles. The molecule has 0 aromatic carbocycles. The van der Waals surface area contributed by atoms with Gasteiger partial charge in [-0.3, -0.25) is 14.4 Å². The maximum absolute atomic E-state index is 14.4. The van der Waals surface area contributed by atoms with Gasteiger partial charge in [0, 0.05) is 59.2 Å². The van der Waals surface area contributed by atoms with E-state index in [0.717, 1.165) is 18.4 Å². The van der Waals surface area contributed by atoms with Gasteiger partial charge < -0.3 is 43.5 Å². The molecule has 3 heterocycles. The van der Waals surface area contributed by atoms with Gasteiger partial charge in [0.15, 0.2) is 0 Å². The highest BCUT2D eigenvalue weighted by Crippen LogP contribution is 2.39. The molecule has 14 atom stereocenters. The quantitative estimate of drug-likeness (QED) is 0.185. The molecule has 13 heteroatoms. The number of ketones is 2. The number of allylic oxidation sites excluding steroid dienone is 4. The summed E-state index contributed by atoms with van der Waals surface area (Å²) in [7, 11) is 6.40. The van der Waals surface area contributed by atoms with Gasteiger partial charge in [-0.2, -0.15) is 0 Å². The number of aliphatic hydroxyl groups is 2. The number of piperidine rings is 1. The molecular weight excluding hydrogens is 746 g/mol. The Hall–Kier alpha value is -2.78. The summed E-state index contributed by atoms with van der Waals surface area (Å²) in [6.07, 6.45) is 6.48. The van der Waals surface area contributed by atoms with Crippen LogP contribution in [0.15, 0.2) is 36.0 Å². The van der Waals surface area contributed by atoms with Crippen LogP contribution in [0.4, 0.5) is 0 Å². The Morgan fingerprint density at radius 2 is 1.57 bits per heavy atom. The van der Waals surface area contributed by atoms with Crippen molar-refractivity contribution >= 4 is 23.4 Å². The fraction of sp³-hybridized carbons (Fsp3) is 0.778. The minimum Gasteiger partial charge on any atom is -0.456 e. The molecular formula is C45H71NO12. The second-order valence-corrected chi connectivity index (χ2v) is 17.5. The molecule has 1 amide bonds. The summed E-state index contributed by atoms with van der Waals surface area (Å²) in [5.74, 6) is -7.56. The van der Waals surface area contributed by atoms with Gasteiger partial charge in [0.05, 0.1) is 30.5 Å². The van der Waals surface area contributed by atoms with Gasteiger partial charge in [-0.1, -0.05) is 44.6 Å². The molecule has 1 saturated carbocycles. The van der Waals surface area contributed by atoms with Gasteiger partial charge in [0.1, 0.15) is 24.0 Å². The van der Waals surface area contributed by atoms with Crippen molar-refractivity contribution in [3.63, 3.8) is 0 Å². The number of nitrogens with zero attached hydrogens (tertiary/aromatic N) is 1. The number of hydrogen-bond acceptors (Lipinski definition) is 12. The van der Waals surface area contributed by atoms with E-state index < -0.39 is 77.8 Å². The Bertz CT molecular complexity index is 1500. The van der Waals surface area contributed by atoms with E-state index in [1.807, 2.05) is 26.8 Å². The first-order valence-electron chi connectivity index (χ1n) is 21.3. The van der Waals surface area contributed by atoms with Crippen LogP contribution in [0, 0.1) is 29.6 Å². The molecule has 0 unspecified atom stereocenters. The fourth-order valence-corrected chi connectivity index (χ4v) is 9.68. The topological polar surface area (TPSA) is 167 Å². The average molecular weight is 818 g/mol. The number of hydrogen-bond donors (Lipinski definition) is 2. The molecule has 3 aliphatic heterocycles. The molecule has 0 aromatic rings. The van der Waals surface area contributed by atoms with Crippen LogP contribution < -0.4 is 0 Å². The molecule has 2 bridgehead atoms. The third-order valence-corrected chi connectivity index (χ3v) is 13.2. The van der Waals surface area contributed by atoms with Crippen LogP contribution in [0.3, 0.4) is 0 Å². The summed E-state index contributed by atoms with van der Waals surface area (Å²) < 4.78 is 35.7. The first-order valence-corrected chi connectivity index (χ1v) is 21.3. The fourth-order valence-electron chi connectivity index (χ4n) is 9.68. The monoisotopic (exact) mass is 817 g/mol. The lowest BCUT2D eigenvalue weighted by Crippen LogP contribution is -2.64. The summed E-state index contributed by atoms with van der Waals surface area (Å²) in [5.41, 5.74) is 1.67. The number of carbonyl (C=O) groups excluding carboxylic acids is 4. The minimum absolute atomic E-state index is 0.0165. The third-order valence-electron chi connectivity index (χ3n) is 13.2. The SMILES string of the molecule is C=CC[C@H]1C=C(C)C[C@@H](C)C[C@@H](OC)[C@H]2O[C@@](O)(C(=O)C(=O)N3CCCC[C@H]3C(=O)O[C@H](C(C)=C[C@@H]3CC[C@@H](OC)[C@H](OC)C3)[C@H](C)[C@@H](O)CC1=O)[C@H](C)C[C@@H]2OC. The van der Waals surface area contributed by atoms with E-state index in [9.17, 15) is 29.4 Å². The lowest BCUT2D eigenvalue weighted by molar-refractivity contribution is -0.302. The summed E-state index contributed by atoms with van der Waals surface area (Å²) in [5, 5.41) is 23.8. The van der Waals surface area contributed by atoms with Gasteiger partial charge in [0.2, 0.25) is 5.79 Å². The molecule has 0 radical (unpaired) electrons. The van der Waals surface area contributed by atoms with Gasteiger partial charge >= 0.3 is 5.97 Å². The number of rotatable bonds is 8. The Kier molecular flexibility index (Phi) is 17.9. The number of amides is 1. The van der Waals surface area contributed by atoms with E-state index in [-0.39, 0.29) is 55.6 Å². The number of ether oxygens (including phenoxy) is 6. The minimum atomic E-state index is -2.50. The molecule has 2 saturated heterocycles. The zero-order chi connectivity index (χ0) is 42.9. The Morgan fingerprint density at radius 1 is 0.914 bits per heavy atom. The second kappa shape index (κ2) is 21.7. The predicted octanol–water partition coefficient (Wildman–Crippen LogP) is 5.29. The number of carbonyl (C=O) groups is 4. The van der Waals surface area contributed by atoms with Crippen molar-refractivity contribution < 1.29 is 57.8 Å². The van der Waals surface area contributed by atoms with Crippen molar-refractivity contribution in [1.29, 1.82) is 0 Å². The normalized spacial score (nSPS) is 39.6. The first kappa shape index (κ1) is 47.9. The molecule has 1 aliphatic carbocycles. The van der Waals surface area contributed by atoms with Crippen molar-refractivity contribution in [2.45, 2.75) is 160 Å². The van der Waals surface area contributed by atoms with Crippen LogP contribution in [0.25, 0.3) is 0 Å². The molecule has 13 nitrogen and oxygen atoms in total. The molecule has 328 valence electrons. The number of Topliss-reactive ketones (excluding diaryl/α,β-unsaturated/α-hetero) is 2. The highest BCUT2D eigenvalue weighted by atomic mass is 16.7. The Labute approximate surface area is 345 Å². The maximum atomic E-state index is 14.4. The molecule has 4 rings (SSSR count). The van der Waals surface area contributed by atoms with Crippen LogP contribution >= 0.6 is 0 Å².